The molecule has 0 atom stereocenters. The molecule has 0 aliphatic rings. The van der Waals surface area contributed by atoms with Crippen LogP contribution < -0.4 is 10.7 Å². The van der Waals surface area contributed by atoms with E-state index in [9.17, 15) is 22.6 Å². The number of benzene rings is 3. The molecule has 1 aromatic heterocycles. The summed E-state index contributed by atoms with van der Waals surface area (Å²) in [6, 6.07) is 14.3. The van der Waals surface area contributed by atoms with E-state index in [0.717, 1.165) is 11.8 Å². The monoisotopic (exact) mass is 408 g/mol. The van der Waals surface area contributed by atoms with Gasteiger partial charge in [-0.3, -0.25) is 14.1 Å². The molecule has 0 fully saturated rings. The van der Waals surface area contributed by atoms with E-state index in [2.05, 4.69) is 10.3 Å². The van der Waals surface area contributed by atoms with Gasteiger partial charge in [0.25, 0.3) is 10.1 Å². The highest BCUT2D eigenvalue weighted by atomic mass is 32.2. The smallest absolute Gasteiger partial charge is 0.294 e. The molecule has 0 spiro atoms. The number of pyridine rings is 1. The van der Waals surface area contributed by atoms with E-state index in [1.54, 1.807) is 36.4 Å². The Morgan fingerprint density at radius 2 is 1.69 bits per heavy atom. The van der Waals surface area contributed by atoms with E-state index in [-0.39, 0.29) is 10.3 Å². The minimum atomic E-state index is -4.38. The predicted molar refractivity (Wildman–Crippen MR) is 112 cm³/mol. The molecular formula is C21H16N2O5S. The lowest BCUT2D eigenvalue weighted by atomic mass is 10.1. The zero-order valence-corrected chi connectivity index (χ0v) is 16.1. The molecule has 8 heteroatoms. The summed E-state index contributed by atoms with van der Waals surface area (Å²) in [5.74, 6) is 0. The highest BCUT2D eigenvalue weighted by molar-refractivity contribution is 7.85. The summed E-state index contributed by atoms with van der Waals surface area (Å²) in [4.78, 5) is 27.0. The largest absolute Gasteiger partial charge is 0.355 e. The van der Waals surface area contributed by atoms with Gasteiger partial charge < -0.3 is 10.3 Å². The number of anilines is 2. The van der Waals surface area contributed by atoms with Crippen LogP contribution in [0.5, 0.6) is 0 Å². The molecule has 3 N–H and O–H groups in total. The van der Waals surface area contributed by atoms with E-state index in [1.165, 1.54) is 18.2 Å². The zero-order valence-electron chi connectivity index (χ0n) is 15.3. The third-order valence-electron chi connectivity index (χ3n) is 4.77. The van der Waals surface area contributed by atoms with Crippen molar-refractivity contribution >= 4 is 49.6 Å². The van der Waals surface area contributed by atoms with Gasteiger partial charge in [0.15, 0.2) is 11.7 Å². The first-order valence-electron chi connectivity index (χ1n) is 8.67. The van der Waals surface area contributed by atoms with E-state index in [0.29, 0.717) is 38.7 Å². The molecule has 0 aliphatic heterocycles. The van der Waals surface area contributed by atoms with Gasteiger partial charge in [-0.1, -0.05) is 12.1 Å². The maximum absolute atomic E-state index is 13.0. The number of carbonyl (C=O) groups is 1. The van der Waals surface area contributed by atoms with Crippen molar-refractivity contribution in [2.45, 2.75) is 11.8 Å². The fourth-order valence-electron chi connectivity index (χ4n) is 3.27. The van der Waals surface area contributed by atoms with Crippen LogP contribution in [0.1, 0.15) is 15.9 Å². The molecule has 0 unspecified atom stereocenters. The normalized spacial score (nSPS) is 11.7. The number of rotatable bonds is 4. The van der Waals surface area contributed by atoms with Crippen LogP contribution in [0.4, 0.5) is 11.4 Å². The highest BCUT2D eigenvalue weighted by Crippen LogP contribution is 2.27. The van der Waals surface area contributed by atoms with Gasteiger partial charge in [0, 0.05) is 27.7 Å². The molecule has 0 aliphatic carbocycles. The minimum absolute atomic E-state index is 0.276. The lowest BCUT2D eigenvalue weighted by Gasteiger charge is -2.13. The van der Waals surface area contributed by atoms with E-state index < -0.39 is 10.1 Å². The average Bonchev–Trinajstić information content (AvgIpc) is 2.68. The summed E-state index contributed by atoms with van der Waals surface area (Å²) in [5, 5.41) is 3.90. The first-order chi connectivity index (χ1) is 13.8. The van der Waals surface area contributed by atoms with Crippen molar-refractivity contribution in [3.8, 4) is 0 Å². The minimum Gasteiger partial charge on any atom is -0.355 e. The van der Waals surface area contributed by atoms with E-state index in [4.69, 9.17) is 0 Å². The van der Waals surface area contributed by atoms with E-state index >= 15 is 0 Å². The Balaban J connectivity index is 1.91. The molecular weight excluding hydrogens is 392 g/mol. The molecule has 7 nitrogen and oxygen atoms in total. The Bertz CT molecular complexity index is 1460. The van der Waals surface area contributed by atoms with Crippen LogP contribution in [0.2, 0.25) is 0 Å². The van der Waals surface area contributed by atoms with Crippen molar-refractivity contribution in [2.24, 2.45) is 0 Å². The van der Waals surface area contributed by atoms with Crippen molar-refractivity contribution in [2.75, 3.05) is 5.32 Å². The Kier molecular flexibility index (Phi) is 4.45. The molecule has 0 saturated carbocycles. The SMILES string of the molecule is Cc1cc2[nH]c3cc(S(=O)(=O)O)ccc3c(=O)c2cc1Nc1ccccc1C=O. The van der Waals surface area contributed by atoms with Crippen LogP contribution in [0.25, 0.3) is 21.8 Å². The number of nitrogens with one attached hydrogen (secondary N) is 2. The summed E-state index contributed by atoms with van der Waals surface area (Å²) in [6.45, 7) is 1.85. The number of aldehydes is 1. The summed E-state index contributed by atoms with van der Waals surface area (Å²) in [6.07, 6.45) is 0.756. The van der Waals surface area contributed by atoms with Crippen LogP contribution in [0.15, 0.2) is 64.3 Å². The van der Waals surface area contributed by atoms with Crippen LogP contribution in [0, 0.1) is 6.92 Å². The van der Waals surface area contributed by atoms with Gasteiger partial charge in [0.2, 0.25) is 0 Å². The van der Waals surface area contributed by atoms with Gasteiger partial charge in [-0.05, 0) is 55.0 Å². The third-order valence-corrected chi connectivity index (χ3v) is 5.62. The van der Waals surface area contributed by atoms with Crippen molar-refractivity contribution in [1.82, 2.24) is 4.98 Å². The molecule has 0 amide bonds. The lowest BCUT2D eigenvalue weighted by molar-refractivity contribution is 0.112. The maximum atomic E-state index is 13.0. The molecule has 1 heterocycles. The molecule has 0 bridgehead atoms. The number of H-pyrrole nitrogens is 1. The third kappa shape index (κ3) is 3.39. The summed E-state index contributed by atoms with van der Waals surface area (Å²) < 4.78 is 32.0. The molecule has 0 saturated heterocycles. The van der Waals surface area contributed by atoms with E-state index in [1.807, 2.05) is 6.92 Å². The summed E-state index contributed by atoms with van der Waals surface area (Å²) in [5.41, 5.74) is 3.18. The Morgan fingerprint density at radius 3 is 2.41 bits per heavy atom. The van der Waals surface area contributed by atoms with Crippen molar-refractivity contribution < 1.29 is 17.8 Å². The number of hydrogen-bond acceptors (Lipinski definition) is 5. The molecule has 4 rings (SSSR count). The van der Waals surface area contributed by atoms with Crippen LogP contribution >= 0.6 is 0 Å². The molecule has 146 valence electrons. The number of aromatic amines is 1. The second-order valence-electron chi connectivity index (χ2n) is 6.68. The van der Waals surface area contributed by atoms with Crippen molar-refractivity contribution in [3.05, 3.63) is 75.9 Å². The Morgan fingerprint density at radius 1 is 0.966 bits per heavy atom. The lowest BCUT2D eigenvalue weighted by Crippen LogP contribution is -2.07. The summed E-state index contributed by atoms with van der Waals surface area (Å²) >= 11 is 0. The Hall–Kier alpha value is -3.49. The quantitative estimate of drug-likeness (QED) is 0.269. The second-order valence-corrected chi connectivity index (χ2v) is 8.10. The number of aryl methyl sites for hydroxylation is 1. The van der Waals surface area contributed by atoms with Crippen LogP contribution in [-0.2, 0) is 10.1 Å². The van der Waals surface area contributed by atoms with Crippen molar-refractivity contribution in [3.63, 3.8) is 0 Å². The van der Waals surface area contributed by atoms with Crippen LogP contribution in [0.3, 0.4) is 0 Å². The predicted octanol–water partition coefficient (Wildman–Crippen LogP) is 3.79. The highest BCUT2D eigenvalue weighted by Gasteiger charge is 2.14. The zero-order chi connectivity index (χ0) is 20.8. The fraction of sp³-hybridized carbons (Fsp3) is 0.0476. The average molecular weight is 408 g/mol. The van der Waals surface area contributed by atoms with Gasteiger partial charge in [0.05, 0.1) is 15.9 Å². The van der Waals surface area contributed by atoms with Gasteiger partial charge in [-0.25, -0.2) is 0 Å². The first-order valence-corrected chi connectivity index (χ1v) is 10.1. The number of hydrogen-bond donors (Lipinski definition) is 3. The fourth-order valence-corrected chi connectivity index (χ4v) is 3.77. The maximum Gasteiger partial charge on any atom is 0.294 e. The van der Waals surface area contributed by atoms with Gasteiger partial charge in [-0.2, -0.15) is 8.42 Å². The topological polar surface area (TPSA) is 116 Å². The Labute approximate surface area is 165 Å². The number of para-hydroxylation sites is 1. The molecule has 0 radical (unpaired) electrons. The number of aromatic nitrogens is 1. The van der Waals surface area contributed by atoms with Gasteiger partial charge in [0.1, 0.15) is 0 Å². The van der Waals surface area contributed by atoms with Crippen LogP contribution in [-0.4, -0.2) is 24.2 Å². The van der Waals surface area contributed by atoms with Gasteiger partial charge in [-0.15, -0.1) is 0 Å². The standard InChI is InChI=1S/C21H16N2O5S/c1-12-8-19-16(10-18(12)22-17-5-3-2-4-13(17)11-24)21(25)15-7-6-14(29(26,27)28)9-20(15)23-19/h2-11,22H,1H3,(H,23,25)(H,26,27,28). The number of fused-ring (bicyclic) bond motifs is 2. The van der Waals surface area contributed by atoms with Gasteiger partial charge >= 0.3 is 0 Å². The molecule has 3 aromatic carbocycles. The number of carbonyl (C=O) groups excluding carboxylic acids is 1. The van der Waals surface area contributed by atoms with Crippen molar-refractivity contribution in [1.29, 1.82) is 0 Å². The second kappa shape index (κ2) is 6.84. The summed E-state index contributed by atoms with van der Waals surface area (Å²) in [7, 11) is -4.38. The molecule has 29 heavy (non-hydrogen) atoms. The first kappa shape index (κ1) is 18.9. The molecule has 4 aromatic rings.